The standard InChI is InChI=1S/C56H112O2/c1-3-5-7-9-11-13-15-17-19-21-22-23-24-25-26-27-28-29-30-31-32-33-34-35-36-37-38-40-42-44-46-48-50-52-54-56(57)58-55-53-51-49-47-45-43-41-39-20-18-16-14-12-10-8-6-4-2/h3-55H2,1-2H3. The lowest BCUT2D eigenvalue weighted by atomic mass is 10.0. The van der Waals surface area contributed by atoms with Crippen molar-refractivity contribution in [3.05, 3.63) is 0 Å². The van der Waals surface area contributed by atoms with E-state index in [1.54, 1.807) is 0 Å². The van der Waals surface area contributed by atoms with Gasteiger partial charge < -0.3 is 4.74 Å². The van der Waals surface area contributed by atoms with E-state index in [2.05, 4.69) is 13.8 Å². The van der Waals surface area contributed by atoms with Crippen LogP contribution in [0.1, 0.15) is 348 Å². The van der Waals surface area contributed by atoms with Crippen LogP contribution >= 0.6 is 0 Å². The molecule has 0 atom stereocenters. The van der Waals surface area contributed by atoms with Gasteiger partial charge in [-0.2, -0.15) is 0 Å². The zero-order chi connectivity index (χ0) is 41.8. The van der Waals surface area contributed by atoms with Crippen molar-refractivity contribution in [1.82, 2.24) is 0 Å². The third kappa shape index (κ3) is 53.5. The van der Waals surface area contributed by atoms with Gasteiger partial charge in [-0.15, -0.1) is 0 Å². The Labute approximate surface area is 368 Å². The summed E-state index contributed by atoms with van der Waals surface area (Å²) >= 11 is 0. The molecule has 0 aliphatic heterocycles. The summed E-state index contributed by atoms with van der Waals surface area (Å²) in [6.45, 7) is 5.24. The maximum absolute atomic E-state index is 12.1. The monoisotopic (exact) mass is 817 g/mol. The lowest BCUT2D eigenvalue weighted by Gasteiger charge is -2.06. The van der Waals surface area contributed by atoms with E-state index in [-0.39, 0.29) is 5.97 Å². The summed E-state index contributed by atoms with van der Waals surface area (Å²) in [4.78, 5) is 12.1. The SMILES string of the molecule is CCCCCCCCCCCCCCCCCCCCCCCCCCCCCCCCCCCCC(=O)OCCCCCCCCCCCCCCCCCCC. The quantitative estimate of drug-likeness (QED) is 0.0451. The number of rotatable bonds is 53. The van der Waals surface area contributed by atoms with Crippen LogP contribution < -0.4 is 0 Å². The topological polar surface area (TPSA) is 26.3 Å². The Morgan fingerprint density at radius 1 is 0.224 bits per heavy atom. The van der Waals surface area contributed by atoms with Gasteiger partial charge in [0, 0.05) is 6.42 Å². The highest BCUT2D eigenvalue weighted by atomic mass is 16.5. The molecule has 0 amide bonds. The minimum absolute atomic E-state index is 0.0346. The summed E-state index contributed by atoms with van der Waals surface area (Å²) in [7, 11) is 0. The van der Waals surface area contributed by atoms with Crippen molar-refractivity contribution < 1.29 is 9.53 Å². The van der Waals surface area contributed by atoms with Crippen molar-refractivity contribution in [3.63, 3.8) is 0 Å². The molecule has 0 bridgehead atoms. The molecule has 0 N–H and O–H groups in total. The molecule has 0 aromatic rings. The maximum Gasteiger partial charge on any atom is 0.305 e. The van der Waals surface area contributed by atoms with Gasteiger partial charge in [0.15, 0.2) is 0 Å². The first-order chi connectivity index (χ1) is 28.8. The average molecular weight is 818 g/mol. The largest absolute Gasteiger partial charge is 0.466 e. The van der Waals surface area contributed by atoms with Crippen LogP contribution in [-0.4, -0.2) is 12.6 Å². The van der Waals surface area contributed by atoms with Crippen LogP contribution in [0.15, 0.2) is 0 Å². The lowest BCUT2D eigenvalue weighted by molar-refractivity contribution is -0.143. The summed E-state index contributed by atoms with van der Waals surface area (Å²) in [5.41, 5.74) is 0. The van der Waals surface area contributed by atoms with E-state index >= 15 is 0 Å². The second-order valence-electron chi connectivity index (χ2n) is 19.3. The van der Waals surface area contributed by atoms with E-state index in [4.69, 9.17) is 4.74 Å². The number of carbonyl (C=O) groups is 1. The molecular weight excluding hydrogens is 705 g/mol. The Hall–Kier alpha value is -0.530. The fraction of sp³-hybridized carbons (Fsp3) is 0.982. The van der Waals surface area contributed by atoms with Crippen LogP contribution in [-0.2, 0) is 9.53 Å². The molecule has 2 nitrogen and oxygen atoms in total. The molecule has 0 saturated carbocycles. The lowest BCUT2D eigenvalue weighted by Crippen LogP contribution is -2.05. The molecule has 0 spiro atoms. The highest BCUT2D eigenvalue weighted by molar-refractivity contribution is 5.69. The highest BCUT2D eigenvalue weighted by Crippen LogP contribution is 2.18. The van der Waals surface area contributed by atoms with Gasteiger partial charge in [-0.1, -0.05) is 328 Å². The van der Waals surface area contributed by atoms with Crippen LogP contribution in [0.5, 0.6) is 0 Å². The molecule has 0 rings (SSSR count). The number of unbranched alkanes of at least 4 members (excludes halogenated alkanes) is 49. The van der Waals surface area contributed by atoms with Crippen molar-refractivity contribution in [2.75, 3.05) is 6.61 Å². The van der Waals surface area contributed by atoms with Crippen LogP contribution in [0.2, 0.25) is 0 Å². The van der Waals surface area contributed by atoms with Crippen LogP contribution in [0.25, 0.3) is 0 Å². The summed E-state index contributed by atoms with van der Waals surface area (Å²) in [6, 6.07) is 0. The van der Waals surface area contributed by atoms with Gasteiger partial charge in [0.2, 0.25) is 0 Å². The third-order valence-corrected chi connectivity index (χ3v) is 13.2. The molecule has 0 aromatic carbocycles. The fourth-order valence-electron chi connectivity index (χ4n) is 9.08. The van der Waals surface area contributed by atoms with Crippen LogP contribution in [0.4, 0.5) is 0 Å². The van der Waals surface area contributed by atoms with Crippen molar-refractivity contribution in [1.29, 1.82) is 0 Å². The molecule has 0 unspecified atom stereocenters. The molecule has 0 aliphatic rings. The Morgan fingerprint density at radius 3 is 0.569 bits per heavy atom. The van der Waals surface area contributed by atoms with Gasteiger partial charge in [-0.05, 0) is 12.8 Å². The molecule has 0 aromatic heterocycles. The summed E-state index contributed by atoms with van der Waals surface area (Å²) < 4.78 is 5.50. The Morgan fingerprint density at radius 2 is 0.379 bits per heavy atom. The molecule has 58 heavy (non-hydrogen) atoms. The van der Waals surface area contributed by atoms with Crippen LogP contribution in [0, 0.1) is 0 Å². The predicted molar refractivity (Wildman–Crippen MR) is 262 cm³/mol. The van der Waals surface area contributed by atoms with Gasteiger partial charge in [-0.3, -0.25) is 4.79 Å². The van der Waals surface area contributed by atoms with E-state index < -0.39 is 0 Å². The van der Waals surface area contributed by atoms with Gasteiger partial charge in [-0.25, -0.2) is 0 Å². The molecule has 0 heterocycles. The molecular formula is C56H112O2. The Kier molecular flexibility index (Phi) is 54.0. The van der Waals surface area contributed by atoms with Crippen LogP contribution in [0.3, 0.4) is 0 Å². The summed E-state index contributed by atoms with van der Waals surface area (Å²) in [5.74, 6) is 0.0346. The predicted octanol–water partition coefficient (Wildman–Crippen LogP) is 20.9. The van der Waals surface area contributed by atoms with Crippen molar-refractivity contribution >= 4 is 5.97 Å². The first kappa shape index (κ1) is 57.5. The summed E-state index contributed by atoms with van der Waals surface area (Å²) in [5, 5.41) is 0. The first-order valence-electron chi connectivity index (χ1n) is 28.0. The second kappa shape index (κ2) is 54.5. The third-order valence-electron chi connectivity index (χ3n) is 13.2. The number of carbonyl (C=O) groups excluding carboxylic acids is 1. The molecule has 0 aliphatic carbocycles. The molecule has 0 saturated heterocycles. The van der Waals surface area contributed by atoms with Crippen molar-refractivity contribution in [2.45, 2.75) is 348 Å². The van der Waals surface area contributed by atoms with E-state index in [0.29, 0.717) is 13.0 Å². The minimum atomic E-state index is 0.0346. The Bertz CT molecular complexity index is 717. The number of hydrogen-bond donors (Lipinski definition) is 0. The summed E-state index contributed by atoms with van der Waals surface area (Å²) in [6.07, 6.45) is 72.8. The zero-order valence-electron chi connectivity index (χ0n) is 40.8. The van der Waals surface area contributed by atoms with Gasteiger partial charge >= 0.3 is 5.97 Å². The maximum atomic E-state index is 12.1. The molecule has 2 heteroatoms. The van der Waals surface area contributed by atoms with Crippen molar-refractivity contribution in [2.24, 2.45) is 0 Å². The molecule has 0 fully saturated rings. The molecule has 0 radical (unpaired) electrons. The number of hydrogen-bond acceptors (Lipinski definition) is 2. The molecule has 348 valence electrons. The van der Waals surface area contributed by atoms with E-state index in [9.17, 15) is 4.79 Å². The van der Waals surface area contributed by atoms with Gasteiger partial charge in [0.1, 0.15) is 0 Å². The number of ether oxygens (including phenoxy) is 1. The first-order valence-corrected chi connectivity index (χ1v) is 28.0. The normalized spacial score (nSPS) is 11.6. The van der Waals surface area contributed by atoms with Crippen molar-refractivity contribution in [3.8, 4) is 0 Å². The van der Waals surface area contributed by atoms with Gasteiger partial charge in [0.25, 0.3) is 0 Å². The van der Waals surface area contributed by atoms with Gasteiger partial charge in [0.05, 0.1) is 6.61 Å². The fourth-order valence-corrected chi connectivity index (χ4v) is 9.08. The second-order valence-corrected chi connectivity index (χ2v) is 19.3. The highest BCUT2D eigenvalue weighted by Gasteiger charge is 2.03. The smallest absolute Gasteiger partial charge is 0.305 e. The van der Waals surface area contributed by atoms with E-state index in [1.807, 2.05) is 0 Å². The Balaban J connectivity index is 3.13. The minimum Gasteiger partial charge on any atom is -0.466 e. The average Bonchev–Trinajstić information content (AvgIpc) is 3.23. The van der Waals surface area contributed by atoms with E-state index in [0.717, 1.165) is 12.8 Å². The number of esters is 1. The zero-order valence-corrected chi connectivity index (χ0v) is 40.8. The van der Waals surface area contributed by atoms with E-state index in [1.165, 1.54) is 315 Å².